The minimum Gasteiger partial charge on any atom is -0.496 e. The highest BCUT2D eigenvalue weighted by Crippen LogP contribution is 2.28. The lowest BCUT2D eigenvalue weighted by atomic mass is 9.97. The van der Waals surface area contributed by atoms with Gasteiger partial charge in [0.1, 0.15) is 17.4 Å². The number of methoxy groups -OCH3 is 1. The lowest BCUT2D eigenvalue weighted by Gasteiger charge is -2.15. The van der Waals surface area contributed by atoms with Crippen molar-refractivity contribution in [2.75, 3.05) is 20.2 Å². The van der Waals surface area contributed by atoms with Crippen LogP contribution in [0.4, 0.5) is 8.78 Å². The number of carbonyl (C=O) groups excluding carboxylic acids is 1. The lowest BCUT2D eigenvalue weighted by Crippen LogP contribution is -2.23. The molecule has 0 spiro atoms. The van der Waals surface area contributed by atoms with Crippen molar-refractivity contribution in [3.63, 3.8) is 0 Å². The van der Waals surface area contributed by atoms with Crippen LogP contribution in [0.25, 0.3) is 0 Å². The Morgan fingerprint density at radius 1 is 1.20 bits per heavy atom. The van der Waals surface area contributed by atoms with Gasteiger partial charge in [0.15, 0.2) is 0 Å². The van der Waals surface area contributed by atoms with Crippen LogP contribution in [0.1, 0.15) is 27.4 Å². The van der Waals surface area contributed by atoms with E-state index in [4.69, 9.17) is 4.74 Å². The summed E-state index contributed by atoms with van der Waals surface area (Å²) in [4.78, 5) is 12.3. The third-order valence-electron chi connectivity index (χ3n) is 4.20. The molecule has 1 heterocycles. The molecule has 2 aromatic carbocycles. The molecule has 132 valence electrons. The molecule has 0 unspecified atom stereocenters. The summed E-state index contributed by atoms with van der Waals surface area (Å²) in [7, 11) is 1.55. The first-order chi connectivity index (χ1) is 12.1. The van der Waals surface area contributed by atoms with Gasteiger partial charge >= 0.3 is 0 Å². The second-order valence-electron chi connectivity index (χ2n) is 5.83. The number of hydrazine groups is 1. The monoisotopic (exact) mass is 347 g/mol. The van der Waals surface area contributed by atoms with Gasteiger partial charge in [-0.3, -0.25) is 15.6 Å². The molecular weight excluding hydrogens is 328 g/mol. The molecule has 0 radical (unpaired) electrons. The highest BCUT2D eigenvalue weighted by atomic mass is 19.1. The number of benzene rings is 2. The van der Waals surface area contributed by atoms with Crippen molar-refractivity contribution in [3.05, 3.63) is 64.7 Å². The van der Waals surface area contributed by atoms with Crippen molar-refractivity contribution in [3.8, 4) is 5.75 Å². The molecule has 25 heavy (non-hydrogen) atoms. The number of halogens is 2. The van der Waals surface area contributed by atoms with Crippen molar-refractivity contribution in [2.45, 2.75) is 12.5 Å². The molecule has 0 saturated carbocycles. The molecule has 1 fully saturated rings. The van der Waals surface area contributed by atoms with Gasteiger partial charge in [-0.2, -0.15) is 0 Å². The number of nitrogens with one attached hydrogen (secondary N) is 3. The van der Waals surface area contributed by atoms with Gasteiger partial charge in [0.05, 0.1) is 7.11 Å². The molecule has 1 aliphatic heterocycles. The van der Waals surface area contributed by atoms with Crippen LogP contribution in [0.2, 0.25) is 0 Å². The summed E-state index contributed by atoms with van der Waals surface area (Å²) in [6, 6.07) is 8.36. The Balaban J connectivity index is 1.72. The molecule has 3 N–H and O–H groups in total. The highest BCUT2D eigenvalue weighted by molar-refractivity contribution is 5.94. The van der Waals surface area contributed by atoms with E-state index in [1.165, 1.54) is 0 Å². The van der Waals surface area contributed by atoms with Crippen molar-refractivity contribution < 1.29 is 18.3 Å². The van der Waals surface area contributed by atoms with Gasteiger partial charge < -0.3 is 10.1 Å². The number of ether oxygens (including phenoxy) is 1. The summed E-state index contributed by atoms with van der Waals surface area (Å²) < 4.78 is 32.2. The molecule has 7 heteroatoms. The Morgan fingerprint density at radius 2 is 1.96 bits per heavy atom. The predicted octanol–water partition coefficient (Wildman–Crippen LogP) is 2.09. The molecular formula is C18H19F2N3O2. The zero-order valence-electron chi connectivity index (χ0n) is 13.7. The van der Waals surface area contributed by atoms with Gasteiger partial charge in [0.25, 0.3) is 5.91 Å². The van der Waals surface area contributed by atoms with Gasteiger partial charge in [0.2, 0.25) is 0 Å². The molecule has 0 atom stereocenters. The quantitative estimate of drug-likeness (QED) is 0.775. The number of carbonyl (C=O) groups is 1. The molecule has 5 nitrogen and oxygen atoms in total. The minimum absolute atomic E-state index is 0.0943. The van der Waals surface area contributed by atoms with Gasteiger partial charge in [-0.25, -0.2) is 8.78 Å². The van der Waals surface area contributed by atoms with Crippen LogP contribution in [0, 0.1) is 11.6 Å². The average molecular weight is 347 g/mol. The fourth-order valence-corrected chi connectivity index (χ4v) is 2.83. The van der Waals surface area contributed by atoms with E-state index >= 15 is 0 Å². The summed E-state index contributed by atoms with van der Waals surface area (Å²) in [6.07, 6.45) is 0. The Bertz CT molecular complexity index is 777. The second kappa shape index (κ2) is 7.58. The minimum atomic E-state index is -0.559. The summed E-state index contributed by atoms with van der Waals surface area (Å²) in [6.45, 7) is 1.46. The van der Waals surface area contributed by atoms with Crippen LogP contribution < -0.4 is 20.9 Å². The molecule has 2 aromatic rings. The molecule has 0 aliphatic carbocycles. The summed E-state index contributed by atoms with van der Waals surface area (Å²) in [5, 5.41) is 2.60. The molecule has 1 saturated heterocycles. The van der Waals surface area contributed by atoms with Crippen molar-refractivity contribution in [1.29, 1.82) is 0 Å². The van der Waals surface area contributed by atoms with Crippen molar-refractivity contribution in [1.82, 2.24) is 16.2 Å². The van der Waals surface area contributed by atoms with E-state index in [1.54, 1.807) is 19.2 Å². The van der Waals surface area contributed by atoms with Crippen LogP contribution in [0.3, 0.4) is 0 Å². The first-order valence-electron chi connectivity index (χ1n) is 7.94. The number of amides is 1. The van der Waals surface area contributed by atoms with E-state index in [-0.39, 0.29) is 23.9 Å². The largest absolute Gasteiger partial charge is 0.496 e. The van der Waals surface area contributed by atoms with Crippen LogP contribution in [-0.4, -0.2) is 26.1 Å². The summed E-state index contributed by atoms with van der Waals surface area (Å²) in [5.74, 6) is -0.601. The predicted molar refractivity (Wildman–Crippen MR) is 89.3 cm³/mol. The molecule has 3 rings (SSSR count). The lowest BCUT2D eigenvalue weighted by molar-refractivity contribution is 0.0950. The smallest absolute Gasteiger partial charge is 0.251 e. The number of rotatable bonds is 5. The molecule has 1 amide bonds. The van der Waals surface area contributed by atoms with E-state index in [9.17, 15) is 13.6 Å². The maximum Gasteiger partial charge on any atom is 0.251 e. The Hall–Kier alpha value is -2.51. The molecule has 0 bridgehead atoms. The Labute approximate surface area is 144 Å². The molecule has 0 aromatic heterocycles. The van der Waals surface area contributed by atoms with E-state index in [0.29, 0.717) is 11.3 Å². The van der Waals surface area contributed by atoms with E-state index in [2.05, 4.69) is 16.2 Å². The van der Waals surface area contributed by atoms with Gasteiger partial charge in [0, 0.05) is 36.7 Å². The molecule has 1 aliphatic rings. The normalized spacial score (nSPS) is 14.5. The highest BCUT2D eigenvalue weighted by Gasteiger charge is 2.21. The first-order valence-corrected chi connectivity index (χ1v) is 7.94. The maximum atomic E-state index is 13.6. The third-order valence-corrected chi connectivity index (χ3v) is 4.20. The summed E-state index contributed by atoms with van der Waals surface area (Å²) >= 11 is 0. The van der Waals surface area contributed by atoms with Gasteiger partial charge in [-0.1, -0.05) is 6.07 Å². The van der Waals surface area contributed by atoms with Crippen molar-refractivity contribution >= 4 is 5.91 Å². The summed E-state index contributed by atoms with van der Waals surface area (Å²) in [5.41, 5.74) is 7.62. The second-order valence-corrected chi connectivity index (χ2v) is 5.83. The van der Waals surface area contributed by atoms with Crippen LogP contribution in [0.15, 0.2) is 36.4 Å². The SMILES string of the molecule is COc1cc(C(=O)NCc2cc(F)ccc2F)ccc1C1CNNC1. The third kappa shape index (κ3) is 3.94. The van der Waals surface area contributed by atoms with Crippen molar-refractivity contribution in [2.24, 2.45) is 0 Å². The zero-order chi connectivity index (χ0) is 17.8. The number of hydrogen-bond donors (Lipinski definition) is 3. The van der Waals surface area contributed by atoms with Gasteiger partial charge in [-0.05, 0) is 35.9 Å². The fourth-order valence-electron chi connectivity index (χ4n) is 2.83. The topological polar surface area (TPSA) is 62.4 Å². The average Bonchev–Trinajstić information content (AvgIpc) is 3.16. The Morgan fingerprint density at radius 3 is 2.68 bits per heavy atom. The van der Waals surface area contributed by atoms with E-state index in [0.717, 1.165) is 36.9 Å². The van der Waals surface area contributed by atoms with E-state index in [1.807, 2.05) is 6.07 Å². The standard InChI is InChI=1S/C18H19F2N3O2/c1-25-17-7-11(2-4-15(17)13-9-22-23-10-13)18(24)21-8-12-6-14(19)3-5-16(12)20/h2-7,13,22-23H,8-10H2,1H3,(H,21,24). The zero-order valence-corrected chi connectivity index (χ0v) is 13.7. The van der Waals surface area contributed by atoms with Crippen LogP contribution in [0.5, 0.6) is 5.75 Å². The fraction of sp³-hybridized carbons (Fsp3) is 0.278. The number of hydrogen-bond acceptors (Lipinski definition) is 4. The van der Waals surface area contributed by atoms with Crippen LogP contribution in [-0.2, 0) is 6.54 Å². The first kappa shape index (κ1) is 17.3. The Kier molecular flexibility index (Phi) is 5.25. The maximum absolute atomic E-state index is 13.6. The van der Waals surface area contributed by atoms with E-state index < -0.39 is 11.6 Å². The van der Waals surface area contributed by atoms with Crippen LogP contribution >= 0.6 is 0 Å². The van der Waals surface area contributed by atoms with Gasteiger partial charge in [-0.15, -0.1) is 0 Å².